The van der Waals surface area contributed by atoms with Crippen LogP contribution in [-0.2, 0) is 0 Å². The quantitative estimate of drug-likeness (QED) is 0.815. The third kappa shape index (κ3) is 2.97. The number of nitrogens with zero attached hydrogens (tertiary/aromatic N) is 1. The van der Waals surface area contributed by atoms with Crippen LogP contribution in [0.15, 0.2) is 12.3 Å². The average molecular weight is 247 g/mol. The molecule has 1 fully saturated rings. The molecule has 0 radical (unpaired) electrons. The molecule has 1 aliphatic rings. The van der Waals surface area contributed by atoms with Crippen molar-refractivity contribution in [2.24, 2.45) is 0 Å². The lowest BCUT2D eigenvalue weighted by Crippen LogP contribution is -2.34. The van der Waals surface area contributed by atoms with Gasteiger partial charge in [-0.2, -0.15) is 0 Å². The van der Waals surface area contributed by atoms with Gasteiger partial charge in [-0.3, -0.25) is 0 Å². The number of aromatic nitrogens is 1. The van der Waals surface area contributed by atoms with Crippen LogP contribution in [0.3, 0.4) is 0 Å². The summed E-state index contributed by atoms with van der Waals surface area (Å²) in [5.41, 5.74) is 0. The molecule has 0 amide bonds. The molecule has 1 N–H and O–H groups in total. The Morgan fingerprint density at radius 2 is 2.07 bits per heavy atom. The zero-order valence-electron chi connectivity index (χ0n) is 8.17. The minimum absolute atomic E-state index is 0.255. The maximum atomic E-state index is 5.84. The third-order valence-corrected chi connectivity index (χ3v) is 3.05. The first-order chi connectivity index (χ1) is 7.25. The number of halogens is 2. The van der Waals surface area contributed by atoms with Crippen LogP contribution in [0.25, 0.3) is 0 Å². The summed E-state index contributed by atoms with van der Waals surface area (Å²) < 4.78 is 5.75. The monoisotopic (exact) mass is 246 g/mol. The third-order valence-electron chi connectivity index (χ3n) is 2.36. The van der Waals surface area contributed by atoms with Crippen LogP contribution >= 0.6 is 23.2 Å². The number of hydrogen-bond donors (Lipinski definition) is 1. The zero-order valence-corrected chi connectivity index (χ0v) is 9.68. The fraction of sp³-hybridized carbons (Fsp3) is 0.500. The topological polar surface area (TPSA) is 34.1 Å². The molecule has 15 heavy (non-hydrogen) atoms. The van der Waals surface area contributed by atoms with Gasteiger partial charge in [-0.15, -0.1) is 0 Å². The van der Waals surface area contributed by atoms with Gasteiger partial charge in [-0.05, 0) is 25.9 Å². The summed E-state index contributed by atoms with van der Waals surface area (Å²) in [7, 11) is 0. The smallest absolute Gasteiger partial charge is 0.147 e. The molecule has 0 bridgehead atoms. The maximum Gasteiger partial charge on any atom is 0.147 e. The molecule has 3 nitrogen and oxygen atoms in total. The van der Waals surface area contributed by atoms with Crippen molar-refractivity contribution in [3.05, 3.63) is 22.4 Å². The van der Waals surface area contributed by atoms with Gasteiger partial charge in [0.25, 0.3) is 0 Å². The molecule has 1 saturated heterocycles. The normalized spacial score (nSPS) is 17.7. The molecule has 82 valence electrons. The zero-order chi connectivity index (χ0) is 10.7. The van der Waals surface area contributed by atoms with Crippen LogP contribution in [0.2, 0.25) is 10.2 Å². The summed E-state index contributed by atoms with van der Waals surface area (Å²) >= 11 is 11.6. The molecule has 1 aliphatic heterocycles. The van der Waals surface area contributed by atoms with E-state index in [-0.39, 0.29) is 6.10 Å². The van der Waals surface area contributed by atoms with Crippen molar-refractivity contribution in [2.75, 3.05) is 13.1 Å². The van der Waals surface area contributed by atoms with Crippen molar-refractivity contribution >= 4 is 23.2 Å². The van der Waals surface area contributed by atoms with Crippen molar-refractivity contribution in [3.63, 3.8) is 0 Å². The lowest BCUT2D eigenvalue weighted by Gasteiger charge is -2.23. The lowest BCUT2D eigenvalue weighted by molar-refractivity contribution is 0.162. The van der Waals surface area contributed by atoms with Gasteiger partial charge < -0.3 is 10.1 Å². The van der Waals surface area contributed by atoms with Gasteiger partial charge in [0, 0.05) is 6.07 Å². The highest BCUT2D eigenvalue weighted by Gasteiger charge is 2.14. The highest BCUT2D eigenvalue weighted by atomic mass is 35.5. The lowest BCUT2D eigenvalue weighted by atomic mass is 10.1. The first kappa shape index (κ1) is 11.0. The van der Waals surface area contributed by atoms with Crippen molar-refractivity contribution in [3.8, 4) is 5.75 Å². The van der Waals surface area contributed by atoms with Gasteiger partial charge in [-0.1, -0.05) is 23.2 Å². The van der Waals surface area contributed by atoms with E-state index >= 15 is 0 Å². The molecule has 1 aromatic heterocycles. The Hall–Kier alpha value is -0.510. The van der Waals surface area contributed by atoms with E-state index in [1.165, 1.54) is 0 Å². The Labute approximate surface area is 98.7 Å². The van der Waals surface area contributed by atoms with E-state index in [1.807, 2.05) is 0 Å². The van der Waals surface area contributed by atoms with Gasteiger partial charge >= 0.3 is 0 Å². The van der Waals surface area contributed by atoms with Crippen LogP contribution < -0.4 is 10.1 Å². The second-order valence-corrected chi connectivity index (χ2v) is 4.28. The van der Waals surface area contributed by atoms with Crippen molar-refractivity contribution < 1.29 is 4.74 Å². The summed E-state index contributed by atoms with van der Waals surface area (Å²) in [4.78, 5) is 3.94. The van der Waals surface area contributed by atoms with E-state index in [2.05, 4.69) is 10.3 Å². The molecule has 0 saturated carbocycles. The van der Waals surface area contributed by atoms with E-state index in [4.69, 9.17) is 27.9 Å². The molecule has 2 heterocycles. The largest absolute Gasteiger partial charge is 0.489 e. The Bertz CT molecular complexity index is 340. The number of rotatable bonds is 2. The van der Waals surface area contributed by atoms with Gasteiger partial charge in [-0.25, -0.2) is 4.98 Å². The van der Waals surface area contributed by atoms with Crippen molar-refractivity contribution in [2.45, 2.75) is 18.9 Å². The van der Waals surface area contributed by atoms with Gasteiger partial charge in [0.05, 0.1) is 11.2 Å². The molecule has 0 atom stereocenters. The summed E-state index contributed by atoms with van der Waals surface area (Å²) in [6.07, 6.45) is 3.89. The number of hydrogen-bond acceptors (Lipinski definition) is 3. The van der Waals surface area contributed by atoms with Gasteiger partial charge in [0.1, 0.15) is 17.0 Å². The summed E-state index contributed by atoms with van der Waals surface area (Å²) in [5, 5.41) is 4.03. The highest BCUT2D eigenvalue weighted by molar-refractivity contribution is 6.41. The molecule has 2 rings (SSSR count). The van der Waals surface area contributed by atoms with Crippen LogP contribution in [0.5, 0.6) is 5.75 Å². The maximum absolute atomic E-state index is 5.84. The molecule has 0 aliphatic carbocycles. The Morgan fingerprint density at radius 3 is 2.73 bits per heavy atom. The van der Waals surface area contributed by atoms with E-state index in [0.717, 1.165) is 25.9 Å². The van der Waals surface area contributed by atoms with E-state index in [9.17, 15) is 0 Å². The molecule has 0 unspecified atom stereocenters. The first-order valence-electron chi connectivity index (χ1n) is 4.94. The fourth-order valence-electron chi connectivity index (χ4n) is 1.57. The average Bonchev–Trinajstić information content (AvgIpc) is 2.25. The predicted molar refractivity (Wildman–Crippen MR) is 60.8 cm³/mol. The predicted octanol–water partition coefficient (Wildman–Crippen LogP) is 2.52. The van der Waals surface area contributed by atoms with Gasteiger partial charge in [0.2, 0.25) is 0 Å². The fourth-order valence-corrected chi connectivity index (χ4v) is 1.83. The van der Waals surface area contributed by atoms with E-state index in [1.54, 1.807) is 12.3 Å². The van der Waals surface area contributed by atoms with Crippen molar-refractivity contribution in [1.29, 1.82) is 0 Å². The Morgan fingerprint density at radius 1 is 1.33 bits per heavy atom. The molecule has 1 aromatic rings. The molecular weight excluding hydrogens is 235 g/mol. The van der Waals surface area contributed by atoms with Crippen molar-refractivity contribution in [1.82, 2.24) is 10.3 Å². The second kappa shape index (κ2) is 5.01. The van der Waals surface area contributed by atoms with Crippen LogP contribution in [0, 0.1) is 0 Å². The van der Waals surface area contributed by atoms with Crippen LogP contribution in [0.1, 0.15) is 12.8 Å². The number of pyridine rings is 1. The minimum atomic E-state index is 0.255. The van der Waals surface area contributed by atoms with Gasteiger partial charge in [0.15, 0.2) is 0 Å². The van der Waals surface area contributed by atoms with Crippen LogP contribution in [0.4, 0.5) is 0 Å². The highest BCUT2D eigenvalue weighted by Crippen LogP contribution is 2.25. The Kier molecular flexibility index (Phi) is 3.67. The molecule has 0 aromatic carbocycles. The minimum Gasteiger partial charge on any atom is -0.489 e. The first-order valence-corrected chi connectivity index (χ1v) is 5.70. The number of ether oxygens (including phenoxy) is 1. The van der Waals surface area contributed by atoms with E-state index < -0.39 is 0 Å². The standard InChI is InChI=1S/C10H12Cl2N2O/c11-9-5-8(6-14-10(9)12)15-7-1-3-13-4-2-7/h5-7,13H,1-4H2. The SMILES string of the molecule is Clc1cc(OC2CCNCC2)cnc1Cl. The molecular formula is C10H12Cl2N2O. The number of piperidine rings is 1. The molecule has 5 heteroatoms. The number of nitrogens with one attached hydrogen (secondary N) is 1. The second-order valence-electron chi connectivity index (χ2n) is 3.51. The van der Waals surface area contributed by atoms with Crippen LogP contribution in [-0.4, -0.2) is 24.2 Å². The van der Waals surface area contributed by atoms with E-state index in [0.29, 0.717) is 15.9 Å². The molecule has 0 spiro atoms. The summed E-state index contributed by atoms with van der Waals surface area (Å²) in [5.74, 6) is 0.691. The summed E-state index contributed by atoms with van der Waals surface area (Å²) in [6.45, 7) is 2.00. The Balaban J connectivity index is 2.00. The summed E-state index contributed by atoms with van der Waals surface area (Å²) in [6, 6.07) is 1.71.